The fraction of sp³-hybridized carbons (Fsp3) is 0.200. The van der Waals surface area contributed by atoms with Gasteiger partial charge in [-0.05, 0) is 23.8 Å². The SMILES string of the molecule is c1ccc(-c2oc3ncnc(N4CC[NH+](Cc5ccc6c(c5)OCO6)CC4)c3c2-c2ccccc2)cc1. The molecule has 184 valence electrons. The van der Waals surface area contributed by atoms with Crippen molar-refractivity contribution < 1.29 is 18.8 Å². The van der Waals surface area contributed by atoms with Gasteiger partial charge in [0.15, 0.2) is 11.5 Å². The lowest BCUT2D eigenvalue weighted by molar-refractivity contribution is -0.914. The Hall–Kier alpha value is -4.36. The minimum absolute atomic E-state index is 0.308. The summed E-state index contributed by atoms with van der Waals surface area (Å²) in [7, 11) is 0. The summed E-state index contributed by atoms with van der Waals surface area (Å²) in [5, 5.41) is 0.978. The number of fused-ring (bicyclic) bond motifs is 2. The molecule has 0 aliphatic carbocycles. The van der Waals surface area contributed by atoms with Crippen molar-refractivity contribution in [3.05, 3.63) is 90.8 Å². The summed E-state index contributed by atoms with van der Waals surface area (Å²) in [6, 6.07) is 26.9. The summed E-state index contributed by atoms with van der Waals surface area (Å²) in [4.78, 5) is 13.2. The average Bonchev–Trinajstić information content (AvgIpc) is 3.59. The quantitative estimate of drug-likeness (QED) is 0.398. The molecule has 7 heteroatoms. The van der Waals surface area contributed by atoms with E-state index in [-0.39, 0.29) is 0 Å². The largest absolute Gasteiger partial charge is 0.454 e. The summed E-state index contributed by atoms with van der Waals surface area (Å²) >= 11 is 0. The van der Waals surface area contributed by atoms with Crippen molar-refractivity contribution in [3.8, 4) is 33.9 Å². The van der Waals surface area contributed by atoms with Gasteiger partial charge >= 0.3 is 0 Å². The van der Waals surface area contributed by atoms with Gasteiger partial charge in [0.25, 0.3) is 0 Å². The molecule has 7 nitrogen and oxygen atoms in total. The summed E-state index contributed by atoms with van der Waals surface area (Å²) in [5.74, 6) is 3.45. The zero-order chi connectivity index (χ0) is 24.6. The first-order valence-corrected chi connectivity index (χ1v) is 12.7. The third kappa shape index (κ3) is 4.07. The molecule has 4 heterocycles. The van der Waals surface area contributed by atoms with Crippen LogP contribution in [0.1, 0.15) is 5.56 Å². The molecule has 0 saturated carbocycles. The summed E-state index contributed by atoms with van der Waals surface area (Å²) < 4.78 is 17.4. The highest BCUT2D eigenvalue weighted by Crippen LogP contribution is 2.43. The maximum atomic E-state index is 6.40. The van der Waals surface area contributed by atoms with Gasteiger partial charge in [-0.3, -0.25) is 0 Å². The summed E-state index contributed by atoms with van der Waals surface area (Å²) in [5.41, 5.74) is 5.07. The number of furan rings is 1. The first-order chi connectivity index (χ1) is 18.3. The van der Waals surface area contributed by atoms with E-state index in [0.29, 0.717) is 12.5 Å². The fourth-order valence-corrected chi connectivity index (χ4v) is 5.38. The van der Waals surface area contributed by atoms with Crippen LogP contribution in [0.25, 0.3) is 33.6 Å². The Morgan fingerprint density at radius 1 is 0.784 bits per heavy atom. The van der Waals surface area contributed by atoms with Crippen LogP contribution in [0.3, 0.4) is 0 Å². The van der Waals surface area contributed by atoms with Crippen LogP contribution >= 0.6 is 0 Å². The van der Waals surface area contributed by atoms with Crippen LogP contribution in [0.4, 0.5) is 5.82 Å². The standard InChI is InChI=1S/C30H26N4O3/c1-3-7-22(8-4-1)26-27-29(31-19-32-30(27)37-28(26)23-9-5-2-6-10-23)34-15-13-33(14-16-34)18-21-11-12-24-25(17-21)36-20-35-24/h1-12,17,19H,13-16,18,20H2/p+1. The molecule has 5 aromatic rings. The molecular formula is C30H27N4O3+. The molecule has 1 saturated heterocycles. The molecular weight excluding hydrogens is 464 g/mol. The van der Waals surface area contributed by atoms with E-state index >= 15 is 0 Å². The molecule has 2 aliphatic heterocycles. The number of ether oxygens (including phenoxy) is 2. The van der Waals surface area contributed by atoms with Crippen molar-refractivity contribution in [2.75, 3.05) is 37.9 Å². The second-order valence-corrected chi connectivity index (χ2v) is 9.52. The van der Waals surface area contributed by atoms with Crippen LogP contribution in [0.5, 0.6) is 11.5 Å². The number of aromatic nitrogens is 2. The van der Waals surface area contributed by atoms with Crippen LogP contribution in [0.15, 0.2) is 89.6 Å². The van der Waals surface area contributed by atoms with Gasteiger partial charge in [-0.25, -0.2) is 9.97 Å². The zero-order valence-corrected chi connectivity index (χ0v) is 20.4. The maximum absolute atomic E-state index is 6.40. The van der Waals surface area contributed by atoms with E-state index in [0.717, 1.165) is 77.9 Å². The van der Waals surface area contributed by atoms with Crippen molar-refractivity contribution in [3.63, 3.8) is 0 Å². The highest BCUT2D eigenvalue weighted by Gasteiger charge is 2.28. The van der Waals surface area contributed by atoms with Gasteiger partial charge in [-0.2, -0.15) is 0 Å². The highest BCUT2D eigenvalue weighted by atomic mass is 16.7. The number of hydrogen-bond acceptors (Lipinski definition) is 6. The van der Waals surface area contributed by atoms with E-state index in [9.17, 15) is 0 Å². The first-order valence-electron chi connectivity index (χ1n) is 12.7. The first kappa shape index (κ1) is 21.9. The van der Waals surface area contributed by atoms with E-state index in [1.807, 2.05) is 30.3 Å². The normalized spacial score (nSPS) is 15.4. The number of nitrogens with one attached hydrogen (secondary N) is 1. The lowest BCUT2D eigenvalue weighted by Gasteiger charge is -2.33. The van der Waals surface area contributed by atoms with Crippen molar-refractivity contribution in [1.29, 1.82) is 0 Å². The molecule has 2 aliphatic rings. The molecule has 0 radical (unpaired) electrons. The van der Waals surface area contributed by atoms with Gasteiger partial charge in [0.05, 0.1) is 31.6 Å². The third-order valence-corrected chi connectivity index (χ3v) is 7.23. The van der Waals surface area contributed by atoms with Gasteiger partial charge in [-0.1, -0.05) is 60.7 Å². The fourth-order valence-electron chi connectivity index (χ4n) is 5.38. The molecule has 0 spiro atoms. The minimum atomic E-state index is 0.308. The van der Waals surface area contributed by atoms with E-state index < -0.39 is 0 Å². The molecule has 0 bridgehead atoms. The van der Waals surface area contributed by atoms with Crippen molar-refractivity contribution in [2.45, 2.75) is 6.54 Å². The Labute approximate surface area is 214 Å². The topological polar surface area (TPSA) is 65.1 Å². The Morgan fingerprint density at radius 3 is 2.30 bits per heavy atom. The molecule has 37 heavy (non-hydrogen) atoms. The molecule has 0 amide bonds. The summed E-state index contributed by atoms with van der Waals surface area (Å²) in [6.07, 6.45) is 1.62. The average molecular weight is 492 g/mol. The Bertz CT molecular complexity index is 1540. The van der Waals surface area contributed by atoms with Gasteiger partial charge in [0.2, 0.25) is 12.5 Å². The molecule has 1 N–H and O–H groups in total. The molecule has 2 aromatic heterocycles. The lowest BCUT2D eigenvalue weighted by atomic mass is 9.99. The Kier molecular flexibility index (Phi) is 5.48. The van der Waals surface area contributed by atoms with E-state index in [2.05, 4.69) is 58.4 Å². The van der Waals surface area contributed by atoms with Crippen LogP contribution < -0.4 is 19.3 Å². The maximum Gasteiger partial charge on any atom is 0.232 e. The van der Waals surface area contributed by atoms with E-state index in [4.69, 9.17) is 18.9 Å². The number of quaternary nitrogens is 1. The molecule has 3 aromatic carbocycles. The van der Waals surface area contributed by atoms with E-state index in [1.165, 1.54) is 5.56 Å². The monoisotopic (exact) mass is 491 g/mol. The molecule has 1 fully saturated rings. The lowest BCUT2D eigenvalue weighted by Crippen LogP contribution is -3.13. The smallest absolute Gasteiger partial charge is 0.232 e. The van der Waals surface area contributed by atoms with Crippen molar-refractivity contribution in [1.82, 2.24) is 9.97 Å². The number of anilines is 1. The predicted molar refractivity (Wildman–Crippen MR) is 142 cm³/mol. The Balaban J connectivity index is 1.20. The molecule has 0 atom stereocenters. The van der Waals surface area contributed by atoms with Crippen LogP contribution in [0.2, 0.25) is 0 Å². The second-order valence-electron chi connectivity index (χ2n) is 9.52. The van der Waals surface area contributed by atoms with Crippen LogP contribution in [0, 0.1) is 0 Å². The van der Waals surface area contributed by atoms with Gasteiger partial charge in [-0.15, -0.1) is 0 Å². The highest BCUT2D eigenvalue weighted by molar-refractivity contribution is 6.06. The molecule has 7 rings (SSSR count). The second kappa shape index (κ2) is 9.26. The number of hydrogen-bond donors (Lipinski definition) is 1. The van der Waals surface area contributed by atoms with Crippen LogP contribution in [-0.2, 0) is 6.54 Å². The van der Waals surface area contributed by atoms with Gasteiger partial charge in [0, 0.05) is 16.7 Å². The van der Waals surface area contributed by atoms with Gasteiger partial charge < -0.3 is 23.7 Å². The van der Waals surface area contributed by atoms with Crippen LogP contribution in [-0.4, -0.2) is 42.9 Å². The molecule has 0 unspecified atom stereocenters. The third-order valence-electron chi connectivity index (χ3n) is 7.23. The zero-order valence-electron chi connectivity index (χ0n) is 20.4. The number of benzene rings is 3. The minimum Gasteiger partial charge on any atom is -0.454 e. The Morgan fingerprint density at radius 2 is 1.51 bits per heavy atom. The van der Waals surface area contributed by atoms with E-state index in [1.54, 1.807) is 11.2 Å². The van der Waals surface area contributed by atoms with Crippen molar-refractivity contribution >= 4 is 16.9 Å². The summed E-state index contributed by atoms with van der Waals surface area (Å²) in [6.45, 7) is 5.12. The predicted octanol–water partition coefficient (Wildman–Crippen LogP) is 4.19. The van der Waals surface area contributed by atoms with Crippen molar-refractivity contribution in [2.24, 2.45) is 0 Å². The van der Waals surface area contributed by atoms with Gasteiger partial charge in [0.1, 0.15) is 24.5 Å². The number of nitrogens with zero attached hydrogens (tertiary/aromatic N) is 3. The number of piperazine rings is 1. The number of rotatable bonds is 5.